The van der Waals surface area contributed by atoms with E-state index in [4.69, 9.17) is 31.2 Å². The third-order valence-electron chi connectivity index (χ3n) is 7.08. The molecule has 0 saturated heterocycles. The Balaban J connectivity index is 1.52. The van der Waals surface area contributed by atoms with E-state index in [-0.39, 0.29) is 12.5 Å². The van der Waals surface area contributed by atoms with E-state index in [1.165, 1.54) is 0 Å². The van der Waals surface area contributed by atoms with Gasteiger partial charge in [0.05, 0.1) is 6.61 Å². The topological polar surface area (TPSA) is 80.2 Å². The Labute approximate surface area is 265 Å². The number of ether oxygens (including phenoxy) is 2. The Hall–Kier alpha value is -3.91. The van der Waals surface area contributed by atoms with Crippen molar-refractivity contribution < 1.29 is 19.4 Å². The lowest BCUT2D eigenvalue weighted by Crippen LogP contribution is -2.47. The molecular weight excluding hydrogens is 628 g/mol. The molecule has 220 valence electrons. The van der Waals surface area contributed by atoms with Crippen molar-refractivity contribution >= 4 is 45.4 Å². The molecule has 1 heterocycles. The second-order valence-electron chi connectivity index (χ2n) is 10.2. The zero-order valence-corrected chi connectivity index (χ0v) is 25.8. The molecule has 1 aliphatic rings. The van der Waals surface area contributed by atoms with E-state index in [0.717, 1.165) is 26.7 Å². The largest absolute Gasteiger partial charge is 0.494 e. The number of carbonyl (C=O) groups is 1. The molecule has 0 spiro atoms. The zero-order valence-electron chi connectivity index (χ0n) is 23.5. The molecule has 0 saturated carbocycles. The Morgan fingerprint density at radius 2 is 1.79 bits per heavy atom. The highest BCUT2D eigenvalue weighted by Crippen LogP contribution is 2.43. The highest BCUT2D eigenvalue weighted by atomic mass is 79.9. The first-order chi connectivity index (χ1) is 21.0. The first kappa shape index (κ1) is 30.5. The molecule has 1 aliphatic heterocycles. The smallest absolute Gasteiger partial charge is 0.252 e. The molecule has 2 atom stereocenters. The van der Waals surface area contributed by atoms with Crippen LogP contribution in [-0.4, -0.2) is 35.7 Å². The van der Waals surface area contributed by atoms with E-state index in [2.05, 4.69) is 21.2 Å². The molecule has 8 heteroatoms. The Morgan fingerprint density at radius 3 is 2.51 bits per heavy atom. The normalized spacial score (nSPS) is 17.8. The van der Waals surface area contributed by atoms with Crippen LogP contribution in [0.5, 0.6) is 5.75 Å². The molecule has 0 bridgehead atoms. The number of hydrogen-bond acceptors (Lipinski definition) is 5. The van der Waals surface area contributed by atoms with Crippen molar-refractivity contribution in [3.8, 4) is 5.75 Å². The minimum atomic E-state index is -1.29. The van der Waals surface area contributed by atoms with Crippen molar-refractivity contribution in [2.45, 2.75) is 31.0 Å². The van der Waals surface area contributed by atoms with Crippen LogP contribution >= 0.6 is 27.5 Å². The van der Waals surface area contributed by atoms with Gasteiger partial charge in [-0.3, -0.25) is 4.79 Å². The summed E-state index contributed by atoms with van der Waals surface area (Å²) in [6.45, 7) is 0.782. The maximum Gasteiger partial charge on any atom is 0.252 e. The molecular formula is C35H32BrClN2O4. The number of nitrogens with one attached hydrogen (secondary N) is 1. The predicted molar refractivity (Wildman–Crippen MR) is 174 cm³/mol. The number of amides is 1. The fraction of sp³-hybridized carbons (Fsp3) is 0.200. The molecule has 1 amide bonds. The van der Waals surface area contributed by atoms with Crippen molar-refractivity contribution in [3.63, 3.8) is 0 Å². The molecule has 4 aromatic carbocycles. The standard InChI is InChI=1S/C35H32BrClN2O4/c36-29-16-12-27(13-17-29)32-35(20-5-10-25-7-2-1-3-8-25,34(41)38-24-26-9-4-11-30(37)23-26)39-33(43-32)28-14-18-31(19-15-28)42-22-6-21-40/h1-5,7-19,23,32,40H,6,20-22,24H2,(H,38,41)/b10-5+/t32-,35-/m1/s1. The van der Waals surface area contributed by atoms with E-state index in [1.807, 2.05) is 109 Å². The van der Waals surface area contributed by atoms with Gasteiger partial charge in [-0.2, -0.15) is 0 Å². The number of halogens is 2. The fourth-order valence-electron chi connectivity index (χ4n) is 4.87. The van der Waals surface area contributed by atoms with E-state index in [0.29, 0.717) is 42.7 Å². The van der Waals surface area contributed by atoms with Crippen molar-refractivity contribution in [1.82, 2.24) is 5.32 Å². The maximum absolute atomic E-state index is 14.3. The maximum atomic E-state index is 14.3. The minimum Gasteiger partial charge on any atom is -0.494 e. The third-order valence-corrected chi connectivity index (χ3v) is 7.85. The summed E-state index contributed by atoms with van der Waals surface area (Å²) < 4.78 is 13.2. The van der Waals surface area contributed by atoms with Gasteiger partial charge >= 0.3 is 0 Å². The highest BCUT2D eigenvalue weighted by Gasteiger charge is 2.52. The van der Waals surface area contributed by atoms with Crippen LogP contribution < -0.4 is 10.1 Å². The van der Waals surface area contributed by atoms with Crippen molar-refractivity contribution in [2.75, 3.05) is 13.2 Å². The SMILES string of the molecule is O=C(NCc1cccc(Cl)c1)[C@]1(C/C=C/c2ccccc2)N=C(c2ccc(OCCCO)cc2)O[C@@H]1c1ccc(Br)cc1. The van der Waals surface area contributed by atoms with E-state index in [1.54, 1.807) is 6.07 Å². The summed E-state index contributed by atoms with van der Waals surface area (Å²) in [4.78, 5) is 19.3. The number of carbonyl (C=O) groups excluding carboxylic acids is 1. The Bertz CT molecular complexity index is 1580. The first-order valence-corrected chi connectivity index (χ1v) is 15.2. The summed E-state index contributed by atoms with van der Waals surface area (Å²) >= 11 is 9.72. The lowest BCUT2D eigenvalue weighted by molar-refractivity contribution is -0.129. The summed E-state index contributed by atoms with van der Waals surface area (Å²) in [5.74, 6) is 0.800. The third kappa shape index (κ3) is 7.73. The summed E-state index contributed by atoms with van der Waals surface area (Å²) in [5.41, 5.74) is 2.18. The molecule has 2 N–H and O–H groups in total. The quantitative estimate of drug-likeness (QED) is 0.154. The van der Waals surface area contributed by atoms with Crippen molar-refractivity contribution in [2.24, 2.45) is 4.99 Å². The number of nitrogens with zero attached hydrogens (tertiary/aromatic N) is 1. The van der Waals surface area contributed by atoms with Gasteiger partial charge in [0.25, 0.3) is 5.91 Å². The molecule has 43 heavy (non-hydrogen) atoms. The van der Waals surface area contributed by atoms with Gasteiger partial charge in [-0.15, -0.1) is 0 Å². The van der Waals surface area contributed by atoms with Crippen molar-refractivity contribution in [3.05, 3.63) is 141 Å². The van der Waals surface area contributed by atoms with Crippen LogP contribution in [0, 0.1) is 0 Å². The number of rotatable bonds is 12. The molecule has 0 unspecified atom stereocenters. The van der Waals surface area contributed by atoms with Gasteiger partial charge in [0, 0.05) is 41.1 Å². The summed E-state index contributed by atoms with van der Waals surface area (Å²) in [6.07, 6.45) is 4.15. The molecule has 0 aliphatic carbocycles. The lowest BCUT2D eigenvalue weighted by Gasteiger charge is -2.30. The number of aliphatic hydroxyl groups is 1. The predicted octanol–water partition coefficient (Wildman–Crippen LogP) is 7.54. The van der Waals surface area contributed by atoms with E-state index in [9.17, 15) is 4.79 Å². The van der Waals surface area contributed by atoms with Gasteiger partial charge in [0.2, 0.25) is 5.90 Å². The zero-order chi connectivity index (χ0) is 30.1. The molecule has 0 aromatic heterocycles. The van der Waals surface area contributed by atoms with Crippen molar-refractivity contribution in [1.29, 1.82) is 0 Å². The van der Waals surface area contributed by atoms with Crippen LogP contribution in [0.15, 0.2) is 119 Å². The summed E-state index contributed by atoms with van der Waals surface area (Å²) in [6, 6.07) is 32.5. The first-order valence-electron chi connectivity index (χ1n) is 14.1. The van der Waals surface area contributed by atoms with Gasteiger partial charge in [-0.05, 0) is 65.2 Å². The lowest BCUT2D eigenvalue weighted by atomic mass is 9.84. The Morgan fingerprint density at radius 1 is 1.02 bits per heavy atom. The Kier molecular flexibility index (Phi) is 10.3. The summed E-state index contributed by atoms with van der Waals surface area (Å²) in [7, 11) is 0. The van der Waals surface area contributed by atoms with Crippen LogP contribution in [0.4, 0.5) is 0 Å². The molecule has 6 nitrogen and oxygen atoms in total. The van der Waals surface area contributed by atoms with Gasteiger partial charge < -0.3 is 19.9 Å². The van der Waals surface area contributed by atoms with Crippen LogP contribution in [0.2, 0.25) is 5.02 Å². The average molecular weight is 660 g/mol. The number of hydrogen-bond donors (Lipinski definition) is 2. The average Bonchev–Trinajstić information content (AvgIpc) is 3.42. The molecule has 5 rings (SSSR count). The van der Waals surface area contributed by atoms with Crippen LogP contribution in [0.3, 0.4) is 0 Å². The number of aliphatic hydroxyl groups excluding tert-OH is 1. The van der Waals surface area contributed by atoms with Gasteiger partial charge in [-0.1, -0.05) is 94.3 Å². The van der Waals surface area contributed by atoms with Gasteiger partial charge in [-0.25, -0.2) is 4.99 Å². The van der Waals surface area contributed by atoms with E-state index < -0.39 is 11.6 Å². The fourth-order valence-corrected chi connectivity index (χ4v) is 5.35. The monoisotopic (exact) mass is 658 g/mol. The minimum absolute atomic E-state index is 0.0698. The summed E-state index contributed by atoms with van der Waals surface area (Å²) in [5, 5.41) is 12.8. The van der Waals surface area contributed by atoms with Crippen LogP contribution in [0.1, 0.15) is 41.2 Å². The molecule has 0 radical (unpaired) electrons. The van der Waals surface area contributed by atoms with Gasteiger partial charge in [0.1, 0.15) is 5.75 Å². The van der Waals surface area contributed by atoms with Crippen LogP contribution in [-0.2, 0) is 16.1 Å². The number of aliphatic imine (C=N–C) groups is 1. The highest BCUT2D eigenvalue weighted by molar-refractivity contribution is 9.10. The number of benzene rings is 4. The van der Waals surface area contributed by atoms with E-state index >= 15 is 0 Å². The molecule has 0 fully saturated rings. The second-order valence-corrected chi connectivity index (χ2v) is 11.5. The molecule has 4 aromatic rings. The second kappa shape index (κ2) is 14.5. The van der Waals surface area contributed by atoms with Crippen LogP contribution in [0.25, 0.3) is 6.08 Å². The van der Waals surface area contributed by atoms with Gasteiger partial charge in [0.15, 0.2) is 11.6 Å².